The molecule has 2 aromatic heterocycles. The van der Waals surface area contributed by atoms with Gasteiger partial charge in [0, 0.05) is 17.0 Å². The van der Waals surface area contributed by atoms with E-state index in [1.165, 1.54) is 11.3 Å². The molecule has 0 saturated heterocycles. The number of rotatable bonds is 4. The predicted molar refractivity (Wildman–Crippen MR) is 106 cm³/mol. The van der Waals surface area contributed by atoms with Crippen LogP contribution in [0, 0.1) is 4.77 Å². The highest BCUT2D eigenvalue weighted by atomic mass is 32.1. The van der Waals surface area contributed by atoms with Crippen LogP contribution in [0.2, 0.25) is 0 Å². The van der Waals surface area contributed by atoms with Crippen LogP contribution in [0.15, 0.2) is 53.9 Å². The van der Waals surface area contributed by atoms with Crippen molar-refractivity contribution in [1.29, 1.82) is 0 Å². The predicted octanol–water partition coefficient (Wildman–Crippen LogP) is 4.87. The Morgan fingerprint density at radius 3 is 2.27 bits per heavy atom. The van der Waals surface area contributed by atoms with Crippen molar-refractivity contribution in [2.75, 3.05) is 14.2 Å². The highest BCUT2D eigenvalue weighted by Crippen LogP contribution is 2.33. The van der Waals surface area contributed by atoms with E-state index in [-0.39, 0.29) is 0 Å². The summed E-state index contributed by atoms with van der Waals surface area (Å²) in [6.07, 6.45) is 0. The quantitative estimate of drug-likeness (QED) is 0.472. The van der Waals surface area contributed by atoms with Gasteiger partial charge in [0.05, 0.1) is 19.9 Å². The highest BCUT2D eigenvalue weighted by Gasteiger charge is 2.15. The summed E-state index contributed by atoms with van der Waals surface area (Å²) in [5.74, 6) is 2.08. The zero-order chi connectivity index (χ0) is 18.1. The Morgan fingerprint density at radius 1 is 0.923 bits per heavy atom. The Bertz CT molecular complexity index is 1110. The molecule has 4 rings (SSSR count). The molecule has 2 aromatic carbocycles. The van der Waals surface area contributed by atoms with Crippen LogP contribution in [-0.2, 0) is 0 Å². The minimum absolute atomic E-state index is 0.309. The highest BCUT2D eigenvalue weighted by molar-refractivity contribution is 7.71. The van der Waals surface area contributed by atoms with Gasteiger partial charge in [-0.3, -0.25) is 4.40 Å². The van der Waals surface area contributed by atoms with Crippen LogP contribution in [0.1, 0.15) is 0 Å². The fourth-order valence-corrected chi connectivity index (χ4v) is 3.90. The van der Waals surface area contributed by atoms with Gasteiger partial charge in [-0.2, -0.15) is 9.97 Å². The molecular formula is C19H15N3O2S2. The number of aromatic nitrogens is 3. The summed E-state index contributed by atoms with van der Waals surface area (Å²) in [5.41, 5.74) is 2.94. The van der Waals surface area contributed by atoms with Gasteiger partial charge in [0.1, 0.15) is 17.3 Å². The van der Waals surface area contributed by atoms with Gasteiger partial charge < -0.3 is 9.47 Å². The fraction of sp³-hybridized carbons (Fsp3) is 0.105. The van der Waals surface area contributed by atoms with E-state index in [1.807, 2.05) is 40.8 Å². The van der Waals surface area contributed by atoms with E-state index in [0.29, 0.717) is 22.1 Å². The van der Waals surface area contributed by atoms with Crippen LogP contribution < -0.4 is 9.47 Å². The molecule has 0 aliphatic carbocycles. The van der Waals surface area contributed by atoms with Crippen molar-refractivity contribution in [3.05, 3.63) is 58.7 Å². The molecule has 0 unspecified atom stereocenters. The summed E-state index contributed by atoms with van der Waals surface area (Å²) in [4.78, 5) is 9.75. The topological polar surface area (TPSA) is 48.7 Å². The largest absolute Gasteiger partial charge is 0.497 e. The molecule has 0 atom stereocenters. The van der Waals surface area contributed by atoms with Crippen molar-refractivity contribution in [1.82, 2.24) is 14.4 Å². The summed E-state index contributed by atoms with van der Waals surface area (Å²) in [5, 5.41) is 2.06. The van der Waals surface area contributed by atoms with Gasteiger partial charge in [0.15, 0.2) is 4.96 Å². The summed E-state index contributed by atoms with van der Waals surface area (Å²) >= 11 is 6.82. The third-order valence-corrected chi connectivity index (χ3v) is 5.00. The van der Waals surface area contributed by atoms with Gasteiger partial charge in [0.2, 0.25) is 4.77 Å². The van der Waals surface area contributed by atoms with Crippen molar-refractivity contribution >= 4 is 28.5 Å². The number of hydrogen-bond acceptors (Lipinski definition) is 6. The van der Waals surface area contributed by atoms with E-state index in [1.54, 1.807) is 14.2 Å². The minimum atomic E-state index is 0.309. The number of fused-ring (bicyclic) bond motifs is 1. The van der Waals surface area contributed by atoms with Crippen molar-refractivity contribution in [3.8, 4) is 34.1 Å². The molecule has 0 aliphatic rings. The minimum Gasteiger partial charge on any atom is -0.497 e. The van der Waals surface area contributed by atoms with Crippen LogP contribution in [0.3, 0.4) is 0 Å². The first-order chi connectivity index (χ1) is 12.7. The van der Waals surface area contributed by atoms with Gasteiger partial charge >= 0.3 is 0 Å². The molecule has 0 spiro atoms. The lowest BCUT2D eigenvalue weighted by Crippen LogP contribution is -2.01. The zero-order valence-corrected chi connectivity index (χ0v) is 15.8. The lowest BCUT2D eigenvalue weighted by atomic mass is 10.1. The van der Waals surface area contributed by atoms with E-state index in [0.717, 1.165) is 21.8 Å². The maximum absolute atomic E-state index is 5.40. The molecule has 7 heteroatoms. The first-order valence-corrected chi connectivity index (χ1v) is 9.15. The average Bonchev–Trinajstić information content (AvgIpc) is 3.11. The molecule has 0 aliphatic heterocycles. The molecule has 0 N–H and O–H groups in total. The molecule has 130 valence electrons. The Hall–Kier alpha value is -2.77. The number of hydrogen-bond donors (Lipinski definition) is 0. The summed E-state index contributed by atoms with van der Waals surface area (Å²) in [7, 11) is 3.25. The molecule has 0 amide bonds. The van der Waals surface area contributed by atoms with Crippen molar-refractivity contribution in [2.24, 2.45) is 0 Å². The van der Waals surface area contributed by atoms with Crippen molar-refractivity contribution in [2.45, 2.75) is 0 Å². The lowest BCUT2D eigenvalue weighted by Gasteiger charge is -2.11. The first kappa shape index (κ1) is 16.7. The molecule has 2 heterocycles. The number of thiazole rings is 1. The first-order valence-electron chi connectivity index (χ1n) is 7.87. The van der Waals surface area contributed by atoms with Gasteiger partial charge in [0.25, 0.3) is 0 Å². The SMILES string of the molecule is COc1cc(OC)cc(-c2nc(=S)nc3scc(-c4ccccc4)n23)c1. The maximum Gasteiger partial charge on any atom is 0.223 e. The average molecular weight is 381 g/mol. The van der Waals surface area contributed by atoms with E-state index in [4.69, 9.17) is 21.7 Å². The second kappa shape index (κ2) is 6.86. The number of methoxy groups -OCH3 is 2. The molecule has 4 aromatic rings. The summed E-state index contributed by atoms with van der Waals surface area (Å²) in [6.45, 7) is 0. The maximum atomic E-state index is 5.40. The van der Waals surface area contributed by atoms with Crippen molar-refractivity contribution < 1.29 is 9.47 Å². The van der Waals surface area contributed by atoms with Gasteiger partial charge in [-0.05, 0) is 29.9 Å². The molecule has 5 nitrogen and oxygen atoms in total. The third kappa shape index (κ3) is 2.95. The monoisotopic (exact) mass is 381 g/mol. The van der Waals surface area contributed by atoms with Crippen LogP contribution in [0.5, 0.6) is 11.5 Å². The third-order valence-electron chi connectivity index (χ3n) is 3.99. The van der Waals surface area contributed by atoms with Crippen LogP contribution >= 0.6 is 23.6 Å². The molecule has 0 radical (unpaired) electrons. The van der Waals surface area contributed by atoms with Crippen LogP contribution in [-0.4, -0.2) is 28.6 Å². The molecular weight excluding hydrogens is 366 g/mol. The fourth-order valence-electron chi connectivity index (χ4n) is 2.78. The molecule has 26 heavy (non-hydrogen) atoms. The molecule has 0 fully saturated rings. The van der Waals surface area contributed by atoms with Crippen LogP contribution in [0.4, 0.5) is 0 Å². The lowest BCUT2D eigenvalue weighted by molar-refractivity contribution is 0.394. The Labute approximate surface area is 159 Å². The number of ether oxygens (including phenoxy) is 2. The molecule has 0 bridgehead atoms. The normalized spacial score (nSPS) is 10.8. The summed E-state index contributed by atoms with van der Waals surface area (Å²) in [6, 6.07) is 15.8. The van der Waals surface area contributed by atoms with Gasteiger partial charge in [-0.25, -0.2) is 0 Å². The van der Waals surface area contributed by atoms with E-state index in [9.17, 15) is 0 Å². The number of nitrogens with zero attached hydrogens (tertiary/aromatic N) is 3. The van der Waals surface area contributed by atoms with E-state index in [2.05, 4.69) is 27.5 Å². The van der Waals surface area contributed by atoms with Crippen LogP contribution in [0.25, 0.3) is 27.6 Å². The van der Waals surface area contributed by atoms with E-state index >= 15 is 0 Å². The second-order valence-corrected chi connectivity index (χ2v) is 6.74. The summed E-state index contributed by atoms with van der Waals surface area (Å²) < 4.78 is 13.1. The Balaban J connectivity index is 2.04. The number of benzene rings is 2. The van der Waals surface area contributed by atoms with E-state index < -0.39 is 0 Å². The Kier molecular flexibility index (Phi) is 4.40. The standard InChI is InChI=1S/C19H15N3O2S2/c1-23-14-8-13(9-15(10-14)24-2)17-20-18(25)21-19-22(17)16(11-26-19)12-6-4-3-5-7-12/h3-11H,1-2H3. The van der Waals surface area contributed by atoms with Crippen molar-refractivity contribution in [3.63, 3.8) is 0 Å². The zero-order valence-electron chi connectivity index (χ0n) is 14.2. The smallest absolute Gasteiger partial charge is 0.223 e. The second-order valence-electron chi connectivity index (χ2n) is 5.54. The Morgan fingerprint density at radius 2 is 1.62 bits per heavy atom. The van der Waals surface area contributed by atoms with Gasteiger partial charge in [-0.15, -0.1) is 11.3 Å². The van der Waals surface area contributed by atoms with Gasteiger partial charge in [-0.1, -0.05) is 30.3 Å². The molecule has 0 saturated carbocycles.